The monoisotopic (exact) mass is 384 g/mol. The van der Waals surface area contributed by atoms with Crippen molar-refractivity contribution < 1.29 is 0 Å². The van der Waals surface area contributed by atoms with Crippen molar-refractivity contribution in [2.75, 3.05) is 11.5 Å². The number of hydrogen-bond donors (Lipinski definition) is 3. The van der Waals surface area contributed by atoms with E-state index in [2.05, 4.69) is 43.8 Å². The van der Waals surface area contributed by atoms with Crippen LogP contribution in [0, 0.1) is 6.92 Å². The number of anilines is 2. The van der Waals surface area contributed by atoms with E-state index in [-0.39, 0.29) is 17.5 Å². The number of rotatable bonds is 2. The molecule has 0 aromatic carbocycles. The topological polar surface area (TPSA) is 159 Å². The number of imidazole rings is 2. The van der Waals surface area contributed by atoms with Gasteiger partial charge in [-0.1, -0.05) is 0 Å². The predicted molar refractivity (Wildman–Crippen MR) is 108 cm³/mol. The Morgan fingerprint density at radius 2 is 1.43 bits per heavy atom. The summed E-state index contributed by atoms with van der Waals surface area (Å²) in [6.07, 6.45) is 3.37. The van der Waals surface area contributed by atoms with E-state index in [0.717, 1.165) is 16.9 Å². The second-order valence-corrected chi connectivity index (χ2v) is 6.95. The van der Waals surface area contributed by atoms with E-state index in [4.69, 9.17) is 11.5 Å². The SMILES string of the molecule is CC(C)n1cnc2c(=O)[nH]c(N)nc21.Cc1nc(N)nc2c1ncn2C(C)C. The highest BCUT2D eigenvalue weighted by molar-refractivity contribution is 5.74. The van der Waals surface area contributed by atoms with Crippen LogP contribution in [-0.4, -0.2) is 39.0 Å². The maximum Gasteiger partial charge on any atom is 0.280 e. The largest absolute Gasteiger partial charge is 0.369 e. The van der Waals surface area contributed by atoms with Crippen LogP contribution in [0.1, 0.15) is 45.5 Å². The van der Waals surface area contributed by atoms with Gasteiger partial charge in [0.15, 0.2) is 16.8 Å². The van der Waals surface area contributed by atoms with Crippen LogP contribution in [0.3, 0.4) is 0 Å². The summed E-state index contributed by atoms with van der Waals surface area (Å²) in [6, 6.07) is 0.530. The summed E-state index contributed by atoms with van der Waals surface area (Å²) in [4.78, 5) is 34.3. The molecule has 0 spiro atoms. The minimum atomic E-state index is -0.299. The molecule has 0 aliphatic carbocycles. The Kier molecular flexibility index (Phi) is 4.99. The Labute approximate surface area is 160 Å². The third-order valence-corrected chi connectivity index (χ3v) is 4.18. The molecule has 0 unspecified atom stereocenters. The van der Waals surface area contributed by atoms with Crippen molar-refractivity contribution in [3.8, 4) is 0 Å². The van der Waals surface area contributed by atoms with Crippen LogP contribution >= 0.6 is 0 Å². The number of aromatic amines is 1. The highest BCUT2D eigenvalue weighted by Gasteiger charge is 2.11. The molecule has 0 saturated heterocycles. The van der Waals surface area contributed by atoms with E-state index in [1.807, 2.05) is 25.3 Å². The Morgan fingerprint density at radius 3 is 2.00 bits per heavy atom. The fourth-order valence-corrected chi connectivity index (χ4v) is 2.78. The lowest BCUT2D eigenvalue weighted by Crippen LogP contribution is -2.12. The first-order valence-corrected chi connectivity index (χ1v) is 8.88. The van der Waals surface area contributed by atoms with Gasteiger partial charge in [0.1, 0.15) is 5.52 Å². The number of hydrogen-bond acceptors (Lipinski definition) is 8. The zero-order valence-electron chi connectivity index (χ0n) is 16.5. The van der Waals surface area contributed by atoms with Crippen LogP contribution in [-0.2, 0) is 0 Å². The number of nitrogens with two attached hydrogens (primary N) is 2. The Morgan fingerprint density at radius 1 is 0.893 bits per heavy atom. The number of fused-ring (bicyclic) bond motifs is 2. The molecule has 28 heavy (non-hydrogen) atoms. The molecule has 4 aromatic heterocycles. The molecular formula is C17H24N10O. The minimum Gasteiger partial charge on any atom is -0.369 e. The van der Waals surface area contributed by atoms with Crippen LogP contribution in [0.15, 0.2) is 17.4 Å². The Balaban J connectivity index is 0.000000161. The smallest absolute Gasteiger partial charge is 0.280 e. The van der Waals surface area contributed by atoms with Gasteiger partial charge in [-0.25, -0.2) is 15.0 Å². The first-order valence-electron chi connectivity index (χ1n) is 8.88. The molecule has 4 rings (SSSR count). The molecule has 11 heteroatoms. The maximum absolute atomic E-state index is 11.4. The lowest BCUT2D eigenvalue weighted by molar-refractivity contribution is 0.612. The molecule has 0 saturated carbocycles. The molecule has 0 aliphatic heterocycles. The fraction of sp³-hybridized carbons (Fsp3) is 0.412. The molecule has 5 N–H and O–H groups in total. The molecular weight excluding hydrogens is 360 g/mol. The molecule has 4 aromatic rings. The van der Waals surface area contributed by atoms with Gasteiger partial charge in [0.25, 0.3) is 5.56 Å². The second kappa shape index (κ2) is 7.25. The van der Waals surface area contributed by atoms with Gasteiger partial charge in [0.2, 0.25) is 11.9 Å². The predicted octanol–water partition coefficient (Wildman–Crippen LogP) is 1.58. The van der Waals surface area contributed by atoms with Crippen molar-refractivity contribution >= 4 is 34.2 Å². The third kappa shape index (κ3) is 3.50. The Hall–Kier alpha value is -3.50. The van der Waals surface area contributed by atoms with Crippen molar-refractivity contribution in [3.05, 3.63) is 28.7 Å². The van der Waals surface area contributed by atoms with Crippen molar-refractivity contribution in [1.29, 1.82) is 0 Å². The summed E-state index contributed by atoms with van der Waals surface area (Å²) in [6.45, 7) is 10.0. The van der Waals surface area contributed by atoms with Crippen LogP contribution in [0.4, 0.5) is 11.9 Å². The summed E-state index contributed by atoms with van der Waals surface area (Å²) >= 11 is 0. The van der Waals surface area contributed by atoms with Crippen molar-refractivity contribution in [2.24, 2.45) is 0 Å². The highest BCUT2D eigenvalue weighted by Crippen LogP contribution is 2.18. The van der Waals surface area contributed by atoms with E-state index in [1.165, 1.54) is 0 Å². The molecule has 0 radical (unpaired) electrons. The molecule has 0 bridgehead atoms. The van der Waals surface area contributed by atoms with Crippen LogP contribution in [0.2, 0.25) is 0 Å². The summed E-state index contributed by atoms with van der Waals surface area (Å²) in [7, 11) is 0. The molecule has 148 valence electrons. The van der Waals surface area contributed by atoms with Crippen LogP contribution in [0.25, 0.3) is 22.3 Å². The van der Waals surface area contributed by atoms with Gasteiger partial charge in [-0.15, -0.1) is 0 Å². The van der Waals surface area contributed by atoms with E-state index in [0.29, 0.717) is 23.2 Å². The summed E-state index contributed by atoms with van der Waals surface area (Å²) in [5.74, 6) is 0.419. The number of nitrogens with zero attached hydrogens (tertiary/aromatic N) is 7. The van der Waals surface area contributed by atoms with Crippen molar-refractivity contribution in [1.82, 2.24) is 39.0 Å². The minimum absolute atomic E-state index is 0.116. The van der Waals surface area contributed by atoms with Crippen LogP contribution < -0.4 is 17.0 Å². The van der Waals surface area contributed by atoms with Gasteiger partial charge in [0, 0.05) is 12.1 Å². The zero-order chi connectivity index (χ0) is 20.6. The Bertz CT molecular complexity index is 1180. The first kappa shape index (κ1) is 19.3. The third-order valence-electron chi connectivity index (χ3n) is 4.18. The van der Waals surface area contributed by atoms with E-state index < -0.39 is 0 Å². The number of nitrogen functional groups attached to an aromatic ring is 2. The molecule has 0 aliphatic rings. The number of aromatic nitrogens is 8. The number of H-pyrrole nitrogens is 1. The van der Waals surface area contributed by atoms with Crippen LogP contribution in [0.5, 0.6) is 0 Å². The molecule has 0 amide bonds. The zero-order valence-corrected chi connectivity index (χ0v) is 16.5. The van der Waals surface area contributed by atoms with Gasteiger partial charge < -0.3 is 20.6 Å². The molecule has 11 nitrogen and oxygen atoms in total. The quantitative estimate of drug-likeness (QED) is 0.469. The average Bonchev–Trinajstić information content (AvgIpc) is 3.19. The van der Waals surface area contributed by atoms with Crippen molar-refractivity contribution in [3.63, 3.8) is 0 Å². The lowest BCUT2D eigenvalue weighted by Gasteiger charge is -2.07. The molecule has 0 atom stereocenters. The number of nitrogens with one attached hydrogen (secondary N) is 1. The lowest BCUT2D eigenvalue weighted by atomic mass is 10.3. The normalized spacial score (nSPS) is 11.4. The maximum atomic E-state index is 11.4. The van der Waals surface area contributed by atoms with E-state index in [9.17, 15) is 4.79 Å². The van der Waals surface area contributed by atoms with Gasteiger partial charge >= 0.3 is 0 Å². The van der Waals surface area contributed by atoms with Gasteiger partial charge in [0.05, 0.1) is 18.3 Å². The van der Waals surface area contributed by atoms with Gasteiger partial charge in [-0.3, -0.25) is 9.78 Å². The highest BCUT2D eigenvalue weighted by atomic mass is 16.1. The molecule has 4 heterocycles. The number of aryl methyl sites for hydroxylation is 1. The van der Waals surface area contributed by atoms with Gasteiger partial charge in [-0.05, 0) is 34.6 Å². The van der Waals surface area contributed by atoms with Crippen molar-refractivity contribution in [2.45, 2.75) is 46.7 Å². The summed E-state index contributed by atoms with van der Waals surface area (Å²) < 4.78 is 3.79. The molecule has 0 fully saturated rings. The van der Waals surface area contributed by atoms with E-state index in [1.54, 1.807) is 17.2 Å². The first-order chi connectivity index (χ1) is 13.2. The van der Waals surface area contributed by atoms with Gasteiger partial charge in [-0.2, -0.15) is 9.97 Å². The summed E-state index contributed by atoms with van der Waals surface area (Å²) in [5.41, 5.74) is 14.1. The average molecular weight is 384 g/mol. The van der Waals surface area contributed by atoms with E-state index >= 15 is 0 Å². The second-order valence-electron chi connectivity index (χ2n) is 6.95. The standard InChI is InChI=1S/C9H13N5.C8H11N5O/c1-5(2)14-4-11-7-6(3)12-9(10)13-8(7)14;1-4(2)13-3-10-5-6(13)11-8(9)12-7(5)14/h4-5H,1-3H3,(H2,10,12,13);3-4H,1-2H3,(H3,9,11,12,14). The fourth-order valence-electron chi connectivity index (χ4n) is 2.78. The summed E-state index contributed by atoms with van der Waals surface area (Å²) in [5, 5.41) is 0.